The van der Waals surface area contributed by atoms with Crippen LogP contribution in [0.5, 0.6) is 0 Å². The number of nitrogens with zero attached hydrogens (tertiary/aromatic N) is 1. The van der Waals surface area contributed by atoms with Gasteiger partial charge in [0.1, 0.15) is 0 Å². The van der Waals surface area contributed by atoms with Crippen LogP contribution in [0.15, 0.2) is 0 Å². The van der Waals surface area contributed by atoms with Crippen molar-refractivity contribution in [2.24, 2.45) is 0 Å². The molecule has 0 N–H and O–H groups in total. The maximum atomic E-state index is 11.5. The maximum Gasteiger partial charge on any atom is 0.222 e. The number of hydrogen-bond acceptors (Lipinski definition) is 1. The summed E-state index contributed by atoms with van der Waals surface area (Å²) < 4.78 is 0. The first-order valence-corrected chi connectivity index (χ1v) is 5.59. The minimum Gasteiger partial charge on any atom is -0.343 e. The van der Waals surface area contributed by atoms with Gasteiger partial charge in [0, 0.05) is 24.9 Å². The van der Waals surface area contributed by atoms with Crippen molar-refractivity contribution >= 4 is 17.5 Å². The molecule has 1 saturated heterocycles. The summed E-state index contributed by atoms with van der Waals surface area (Å²) in [4.78, 5) is 13.5. The molecule has 1 fully saturated rings. The van der Waals surface area contributed by atoms with E-state index in [9.17, 15) is 4.79 Å². The van der Waals surface area contributed by atoms with Crippen molar-refractivity contribution in [1.82, 2.24) is 4.90 Å². The first kappa shape index (κ1) is 10.8. The second-order valence-electron chi connectivity index (χ2n) is 3.66. The first-order chi connectivity index (χ1) is 6.24. The normalized spacial score (nSPS) is 19.1. The average molecular weight is 204 g/mol. The van der Waals surface area contributed by atoms with E-state index in [1.807, 2.05) is 4.90 Å². The Kier molecular flexibility index (Phi) is 4.57. The van der Waals surface area contributed by atoms with E-state index in [0.717, 1.165) is 38.8 Å². The smallest absolute Gasteiger partial charge is 0.222 e. The van der Waals surface area contributed by atoms with Gasteiger partial charge in [0.25, 0.3) is 0 Å². The van der Waals surface area contributed by atoms with Gasteiger partial charge in [-0.25, -0.2) is 0 Å². The summed E-state index contributed by atoms with van der Waals surface area (Å²) in [5, 5.41) is 0.287. The Morgan fingerprint density at radius 2 is 2.08 bits per heavy atom. The third-order valence-corrected chi connectivity index (χ3v) is 2.96. The molecule has 2 nitrogen and oxygen atoms in total. The van der Waals surface area contributed by atoms with Crippen LogP contribution in [0, 0.1) is 0 Å². The van der Waals surface area contributed by atoms with Crippen LogP contribution >= 0.6 is 11.6 Å². The van der Waals surface area contributed by atoms with E-state index in [2.05, 4.69) is 6.92 Å². The minimum atomic E-state index is 0.287. The summed E-state index contributed by atoms with van der Waals surface area (Å²) in [6.45, 7) is 3.83. The van der Waals surface area contributed by atoms with Gasteiger partial charge in [-0.2, -0.15) is 0 Å². The molecule has 13 heavy (non-hydrogen) atoms. The van der Waals surface area contributed by atoms with Gasteiger partial charge >= 0.3 is 0 Å². The SMILES string of the molecule is CCCCC(=O)N1CCC(Cl)CC1. The lowest BCUT2D eigenvalue weighted by Crippen LogP contribution is -2.38. The molecule has 0 atom stereocenters. The van der Waals surface area contributed by atoms with Gasteiger partial charge < -0.3 is 4.90 Å². The van der Waals surface area contributed by atoms with Crippen LogP contribution in [-0.4, -0.2) is 29.3 Å². The Morgan fingerprint density at radius 1 is 1.46 bits per heavy atom. The number of halogens is 1. The zero-order valence-corrected chi connectivity index (χ0v) is 9.02. The molecule has 0 bridgehead atoms. The number of piperidine rings is 1. The van der Waals surface area contributed by atoms with Gasteiger partial charge in [-0.05, 0) is 19.3 Å². The second-order valence-corrected chi connectivity index (χ2v) is 4.28. The van der Waals surface area contributed by atoms with Crippen molar-refractivity contribution in [3.8, 4) is 0 Å². The number of rotatable bonds is 3. The molecule has 0 unspecified atom stereocenters. The van der Waals surface area contributed by atoms with Crippen molar-refractivity contribution in [1.29, 1.82) is 0 Å². The van der Waals surface area contributed by atoms with E-state index in [1.165, 1.54) is 0 Å². The largest absolute Gasteiger partial charge is 0.343 e. The topological polar surface area (TPSA) is 20.3 Å². The van der Waals surface area contributed by atoms with Crippen LogP contribution in [0.25, 0.3) is 0 Å². The molecule has 1 aliphatic rings. The monoisotopic (exact) mass is 203 g/mol. The van der Waals surface area contributed by atoms with E-state index in [0.29, 0.717) is 12.3 Å². The van der Waals surface area contributed by atoms with Crippen LogP contribution in [0.1, 0.15) is 39.0 Å². The summed E-state index contributed by atoms with van der Waals surface area (Å²) in [6.07, 6.45) is 4.74. The van der Waals surface area contributed by atoms with Crippen LogP contribution < -0.4 is 0 Å². The molecular formula is C10H18ClNO. The molecule has 0 spiro atoms. The van der Waals surface area contributed by atoms with Gasteiger partial charge in [0.15, 0.2) is 0 Å². The van der Waals surface area contributed by atoms with Crippen LogP contribution in [0.2, 0.25) is 0 Å². The van der Waals surface area contributed by atoms with Gasteiger partial charge in [0.2, 0.25) is 5.91 Å². The molecule has 1 rings (SSSR count). The van der Waals surface area contributed by atoms with E-state index in [4.69, 9.17) is 11.6 Å². The van der Waals surface area contributed by atoms with Gasteiger partial charge in [-0.15, -0.1) is 11.6 Å². The zero-order valence-electron chi connectivity index (χ0n) is 8.26. The predicted molar refractivity (Wildman–Crippen MR) is 55.0 cm³/mol. The third-order valence-electron chi connectivity index (χ3n) is 2.52. The Labute approximate surface area is 85.2 Å². The molecule has 0 radical (unpaired) electrons. The zero-order chi connectivity index (χ0) is 9.68. The van der Waals surface area contributed by atoms with E-state index in [1.54, 1.807) is 0 Å². The fraction of sp³-hybridized carbons (Fsp3) is 0.900. The number of carbonyl (C=O) groups excluding carboxylic acids is 1. The lowest BCUT2D eigenvalue weighted by atomic mass is 10.1. The highest BCUT2D eigenvalue weighted by Crippen LogP contribution is 2.16. The molecule has 0 aromatic carbocycles. The lowest BCUT2D eigenvalue weighted by Gasteiger charge is -2.29. The predicted octanol–water partition coefficient (Wildman–Crippen LogP) is 2.41. The summed E-state index contributed by atoms with van der Waals surface area (Å²) in [6, 6.07) is 0. The average Bonchev–Trinajstić information content (AvgIpc) is 2.15. The van der Waals surface area contributed by atoms with Crippen molar-refractivity contribution < 1.29 is 4.79 Å². The number of carbonyl (C=O) groups is 1. The van der Waals surface area contributed by atoms with Crippen molar-refractivity contribution in [2.75, 3.05) is 13.1 Å². The summed E-state index contributed by atoms with van der Waals surface area (Å²) in [5.74, 6) is 0.311. The van der Waals surface area contributed by atoms with Gasteiger partial charge in [-0.3, -0.25) is 4.79 Å². The number of unbranched alkanes of at least 4 members (excludes halogenated alkanes) is 1. The van der Waals surface area contributed by atoms with Gasteiger partial charge in [-0.1, -0.05) is 13.3 Å². The number of likely N-dealkylation sites (tertiary alicyclic amines) is 1. The molecule has 1 aliphatic heterocycles. The third kappa shape index (κ3) is 3.55. The molecule has 1 heterocycles. The second kappa shape index (κ2) is 5.48. The van der Waals surface area contributed by atoms with Crippen molar-refractivity contribution in [3.63, 3.8) is 0 Å². The Balaban J connectivity index is 2.23. The lowest BCUT2D eigenvalue weighted by molar-refractivity contribution is -0.132. The minimum absolute atomic E-state index is 0.287. The fourth-order valence-corrected chi connectivity index (χ4v) is 1.78. The molecule has 3 heteroatoms. The number of alkyl halides is 1. The highest BCUT2D eigenvalue weighted by Gasteiger charge is 2.20. The van der Waals surface area contributed by atoms with E-state index < -0.39 is 0 Å². The van der Waals surface area contributed by atoms with Gasteiger partial charge in [0.05, 0.1) is 0 Å². The molecule has 0 saturated carbocycles. The summed E-state index contributed by atoms with van der Waals surface area (Å²) in [7, 11) is 0. The number of amides is 1. The van der Waals surface area contributed by atoms with Crippen LogP contribution in [0.4, 0.5) is 0 Å². The molecule has 0 aromatic heterocycles. The Bertz CT molecular complexity index is 164. The van der Waals surface area contributed by atoms with E-state index >= 15 is 0 Å². The summed E-state index contributed by atoms with van der Waals surface area (Å²) in [5.41, 5.74) is 0. The Morgan fingerprint density at radius 3 is 2.62 bits per heavy atom. The summed E-state index contributed by atoms with van der Waals surface area (Å²) >= 11 is 5.95. The van der Waals surface area contributed by atoms with E-state index in [-0.39, 0.29) is 5.38 Å². The molecule has 76 valence electrons. The van der Waals surface area contributed by atoms with Crippen LogP contribution in [0.3, 0.4) is 0 Å². The number of hydrogen-bond donors (Lipinski definition) is 0. The van der Waals surface area contributed by atoms with Crippen molar-refractivity contribution in [3.05, 3.63) is 0 Å². The van der Waals surface area contributed by atoms with Crippen molar-refractivity contribution in [2.45, 2.75) is 44.4 Å². The molecular weight excluding hydrogens is 186 g/mol. The molecule has 1 amide bonds. The molecule has 0 aliphatic carbocycles. The highest BCUT2D eigenvalue weighted by atomic mass is 35.5. The first-order valence-electron chi connectivity index (χ1n) is 5.16. The highest BCUT2D eigenvalue weighted by molar-refractivity contribution is 6.20. The quantitative estimate of drug-likeness (QED) is 0.646. The Hall–Kier alpha value is -0.240. The maximum absolute atomic E-state index is 11.5. The fourth-order valence-electron chi connectivity index (χ4n) is 1.58. The molecule has 0 aromatic rings. The van der Waals surface area contributed by atoms with Crippen LogP contribution in [-0.2, 0) is 4.79 Å². The standard InChI is InChI=1S/C10H18ClNO/c1-2-3-4-10(13)12-7-5-9(11)6-8-12/h9H,2-8H2,1H3.